The molecule has 0 amide bonds. The molecular weight excluding hydrogens is 513 g/mol. The molecule has 1 aliphatic heterocycles. The Morgan fingerprint density at radius 2 is 1.50 bits per heavy atom. The van der Waals surface area contributed by atoms with Gasteiger partial charge in [-0.25, -0.2) is 30.7 Å². The highest BCUT2D eigenvalue weighted by atomic mass is 19.2. The zero-order chi connectivity index (χ0) is 27.4. The maximum atomic E-state index is 15.0. The first-order chi connectivity index (χ1) is 18.2. The molecule has 0 bridgehead atoms. The fraction of sp³-hybridized carbons (Fsp3) is 0.310. The molecule has 4 rings (SSSR count). The van der Waals surface area contributed by atoms with Gasteiger partial charge in [-0.2, -0.15) is 0 Å². The van der Waals surface area contributed by atoms with Gasteiger partial charge < -0.3 is 9.47 Å². The smallest absolute Gasteiger partial charge is 0.194 e. The van der Waals surface area contributed by atoms with Gasteiger partial charge in [-0.15, -0.1) is 0 Å². The monoisotopic (exact) mass is 538 g/mol. The van der Waals surface area contributed by atoms with Gasteiger partial charge in [0, 0.05) is 29.9 Å². The van der Waals surface area contributed by atoms with Crippen molar-refractivity contribution in [2.45, 2.75) is 44.8 Å². The van der Waals surface area contributed by atoms with Crippen LogP contribution >= 0.6 is 0 Å². The van der Waals surface area contributed by atoms with Crippen LogP contribution in [0.25, 0.3) is 17.0 Å². The lowest BCUT2D eigenvalue weighted by Crippen LogP contribution is -2.31. The lowest BCUT2D eigenvalue weighted by Gasteiger charge is -2.30. The number of aryl methyl sites for hydroxylation is 1. The van der Waals surface area contributed by atoms with Gasteiger partial charge in [-0.05, 0) is 53.8 Å². The number of ether oxygens (including phenoxy) is 2. The molecule has 1 aliphatic rings. The summed E-state index contributed by atoms with van der Waals surface area (Å²) >= 11 is 0. The summed E-state index contributed by atoms with van der Waals surface area (Å²) < 4.78 is 109. The molecule has 0 spiro atoms. The molecule has 202 valence electrons. The summed E-state index contributed by atoms with van der Waals surface area (Å²) in [6.07, 6.45) is 0.0648. The second kappa shape index (κ2) is 12.1. The topological polar surface area (TPSA) is 18.5 Å². The van der Waals surface area contributed by atoms with Crippen LogP contribution in [-0.4, -0.2) is 19.5 Å². The minimum atomic E-state index is -1.53. The molecule has 1 fully saturated rings. The van der Waals surface area contributed by atoms with E-state index in [1.807, 2.05) is 0 Å². The third-order valence-electron chi connectivity index (χ3n) is 6.36. The third kappa shape index (κ3) is 6.27. The average molecular weight is 539 g/mol. The number of hydrogen-bond acceptors (Lipinski definition) is 2. The third-order valence-corrected chi connectivity index (χ3v) is 6.36. The number of benzene rings is 3. The second-order valence-electron chi connectivity index (χ2n) is 9.11. The molecule has 1 saturated heterocycles. The van der Waals surface area contributed by atoms with Gasteiger partial charge in [0.2, 0.25) is 0 Å². The van der Waals surface area contributed by atoms with E-state index in [0.717, 1.165) is 24.3 Å². The Bertz CT molecular complexity index is 1310. The van der Waals surface area contributed by atoms with E-state index in [9.17, 15) is 30.7 Å². The van der Waals surface area contributed by atoms with E-state index >= 15 is 0 Å². The molecular formula is C29H25F7O2. The molecule has 3 aromatic carbocycles. The fourth-order valence-corrected chi connectivity index (χ4v) is 4.32. The molecule has 0 saturated carbocycles. The van der Waals surface area contributed by atoms with Gasteiger partial charge in [-0.3, -0.25) is 0 Å². The Morgan fingerprint density at radius 3 is 2.11 bits per heavy atom. The van der Waals surface area contributed by atoms with Crippen molar-refractivity contribution in [1.29, 1.82) is 0 Å². The van der Waals surface area contributed by atoms with Crippen LogP contribution in [0.5, 0.6) is 0 Å². The Morgan fingerprint density at radius 1 is 0.816 bits per heavy atom. The first-order valence-corrected chi connectivity index (χ1v) is 12.2. The van der Waals surface area contributed by atoms with Crippen LogP contribution in [0.1, 0.15) is 48.8 Å². The molecule has 1 heterocycles. The number of halogens is 7. The molecule has 38 heavy (non-hydrogen) atoms. The maximum absolute atomic E-state index is 15.0. The van der Waals surface area contributed by atoms with Crippen molar-refractivity contribution in [3.05, 3.63) is 100 Å². The van der Waals surface area contributed by atoms with Crippen molar-refractivity contribution in [1.82, 2.24) is 0 Å². The molecule has 0 N–H and O–H groups in total. The number of rotatable bonds is 8. The molecule has 2 nitrogen and oxygen atoms in total. The van der Waals surface area contributed by atoms with Crippen molar-refractivity contribution in [3.63, 3.8) is 0 Å². The van der Waals surface area contributed by atoms with Gasteiger partial charge >= 0.3 is 0 Å². The summed E-state index contributed by atoms with van der Waals surface area (Å²) in [6, 6.07) is 9.38. The Hall–Kier alpha value is -3.17. The van der Waals surface area contributed by atoms with Crippen LogP contribution < -0.4 is 0 Å². The fourth-order valence-electron chi connectivity index (χ4n) is 4.32. The SMILES string of the molecule is CCC/C(F)=C(\F)c1ccc(-c2ccc(C3COC(CCc4cc(F)c(F)c(F)c4)OC3)c(F)c2)c(F)c1. The van der Waals surface area contributed by atoms with Gasteiger partial charge in [0.15, 0.2) is 29.6 Å². The molecule has 9 heteroatoms. The molecule has 0 unspecified atom stereocenters. The first-order valence-electron chi connectivity index (χ1n) is 12.2. The molecule has 0 aromatic heterocycles. The van der Waals surface area contributed by atoms with E-state index in [1.165, 1.54) is 24.3 Å². The van der Waals surface area contributed by atoms with Gasteiger partial charge in [0.25, 0.3) is 0 Å². The predicted molar refractivity (Wildman–Crippen MR) is 129 cm³/mol. The van der Waals surface area contributed by atoms with E-state index in [1.54, 1.807) is 6.92 Å². The van der Waals surface area contributed by atoms with Crippen LogP contribution in [0.15, 0.2) is 54.4 Å². The van der Waals surface area contributed by atoms with Gasteiger partial charge in [0.1, 0.15) is 17.5 Å². The van der Waals surface area contributed by atoms with Crippen LogP contribution in [-0.2, 0) is 15.9 Å². The van der Waals surface area contributed by atoms with Crippen molar-refractivity contribution in [2.24, 2.45) is 0 Å². The van der Waals surface area contributed by atoms with Crippen LogP contribution in [0.2, 0.25) is 0 Å². The largest absolute Gasteiger partial charge is 0.352 e. The van der Waals surface area contributed by atoms with Crippen LogP contribution in [0.4, 0.5) is 30.7 Å². The van der Waals surface area contributed by atoms with Crippen LogP contribution in [0, 0.1) is 29.1 Å². The summed E-state index contributed by atoms with van der Waals surface area (Å²) in [5, 5.41) is 0. The van der Waals surface area contributed by atoms with Crippen LogP contribution in [0.3, 0.4) is 0 Å². The minimum Gasteiger partial charge on any atom is -0.352 e. The average Bonchev–Trinajstić information content (AvgIpc) is 2.90. The summed E-state index contributed by atoms with van der Waals surface area (Å²) in [4.78, 5) is 0. The van der Waals surface area contributed by atoms with Crippen molar-refractivity contribution in [2.75, 3.05) is 13.2 Å². The lowest BCUT2D eigenvalue weighted by atomic mass is 9.95. The molecule has 0 radical (unpaired) electrons. The quantitative estimate of drug-likeness (QED) is 0.211. The van der Waals surface area contributed by atoms with Gasteiger partial charge in [0.05, 0.1) is 13.2 Å². The highest BCUT2D eigenvalue weighted by molar-refractivity contribution is 5.69. The molecule has 3 aromatic rings. The van der Waals surface area contributed by atoms with E-state index in [0.29, 0.717) is 12.0 Å². The predicted octanol–water partition coefficient (Wildman–Crippen LogP) is 8.55. The normalized spacial score (nSPS) is 18.4. The highest BCUT2D eigenvalue weighted by Gasteiger charge is 2.26. The summed E-state index contributed by atoms with van der Waals surface area (Å²) in [7, 11) is 0. The maximum Gasteiger partial charge on any atom is 0.194 e. The number of hydrogen-bond donors (Lipinski definition) is 0. The van der Waals surface area contributed by atoms with E-state index in [-0.39, 0.29) is 54.7 Å². The van der Waals surface area contributed by atoms with E-state index in [4.69, 9.17) is 9.47 Å². The Balaban J connectivity index is 1.39. The van der Waals surface area contributed by atoms with Gasteiger partial charge in [-0.1, -0.05) is 31.2 Å². The lowest BCUT2D eigenvalue weighted by molar-refractivity contribution is -0.189. The number of allylic oxidation sites excluding steroid dienone is 1. The molecule has 0 aliphatic carbocycles. The first kappa shape index (κ1) is 27.9. The van der Waals surface area contributed by atoms with E-state index < -0.39 is 52.9 Å². The Kier molecular flexibility index (Phi) is 8.89. The standard InChI is InChI=1S/C29H25F7O2/c1-2-3-22(30)28(35)18-6-8-20(24(32)13-18)17-5-7-21(23(31)12-17)19-14-37-27(38-15-19)9-4-16-10-25(33)29(36)26(34)11-16/h5-8,10-13,19,27H,2-4,9,14-15H2,1H3/b28-22+. The van der Waals surface area contributed by atoms with Crippen molar-refractivity contribution < 1.29 is 40.2 Å². The minimum absolute atomic E-state index is 0.0350. The zero-order valence-corrected chi connectivity index (χ0v) is 20.5. The summed E-state index contributed by atoms with van der Waals surface area (Å²) in [5.41, 5.74) is 0.579. The Labute approximate surface area is 215 Å². The van der Waals surface area contributed by atoms with E-state index in [2.05, 4.69) is 0 Å². The highest BCUT2D eigenvalue weighted by Crippen LogP contribution is 2.33. The summed E-state index contributed by atoms with van der Waals surface area (Å²) in [6.45, 7) is 1.93. The molecule has 0 atom stereocenters. The second-order valence-corrected chi connectivity index (χ2v) is 9.11. The van der Waals surface area contributed by atoms with Crippen molar-refractivity contribution >= 4 is 5.83 Å². The van der Waals surface area contributed by atoms with Crippen molar-refractivity contribution in [3.8, 4) is 11.1 Å². The zero-order valence-electron chi connectivity index (χ0n) is 20.5. The summed E-state index contributed by atoms with van der Waals surface area (Å²) in [5.74, 6) is -8.03.